The molecule has 0 aliphatic carbocycles. The highest BCUT2D eigenvalue weighted by molar-refractivity contribution is 5.76. The third-order valence-corrected chi connectivity index (χ3v) is 4.39. The standard InChI is InChI=1S/C14H26N2O2/c1-11(12-4-2-6-15-9-12)8-14(18)16-7-3-5-13(17)10-16/h11-13,15,17H,2-10H2,1H3/t11?,12?,13-/m0/s1. The molecule has 0 aromatic carbocycles. The molecule has 0 bridgehead atoms. The van der Waals surface area contributed by atoms with Gasteiger partial charge in [-0.25, -0.2) is 0 Å². The van der Waals surface area contributed by atoms with Crippen LogP contribution < -0.4 is 5.32 Å². The van der Waals surface area contributed by atoms with Gasteiger partial charge >= 0.3 is 0 Å². The number of likely N-dealkylation sites (tertiary alicyclic amines) is 1. The largest absolute Gasteiger partial charge is 0.391 e. The van der Waals surface area contributed by atoms with Crippen LogP contribution in [0.3, 0.4) is 0 Å². The minimum atomic E-state index is -0.311. The summed E-state index contributed by atoms with van der Waals surface area (Å²) in [7, 11) is 0. The summed E-state index contributed by atoms with van der Waals surface area (Å²) in [6, 6.07) is 0. The van der Waals surface area contributed by atoms with Crippen LogP contribution in [0.1, 0.15) is 39.0 Å². The molecule has 1 amide bonds. The number of aliphatic hydroxyl groups excluding tert-OH is 1. The number of hydrogen-bond donors (Lipinski definition) is 2. The molecule has 0 spiro atoms. The van der Waals surface area contributed by atoms with E-state index in [1.165, 1.54) is 12.8 Å². The van der Waals surface area contributed by atoms with Gasteiger partial charge in [0.2, 0.25) is 5.91 Å². The third-order valence-electron chi connectivity index (χ3n) is 4.39. The van der Waals surface area contributed by atoms with E-state index < -0.39 is 0 Å². The molecule has 2 fully saturated rings. The van der Waals surface area contributed by atoms with E-state index in [1.807, 2.05) is 4.90 Å². The molecular formula is C14H26N2O2. The summed E-state index contributed by atoms with van der Waals surface area (Å²) in [6.07, 6.45) is 4.57. The first-order valence-corrected chi connectivity index (χ1v) is 7.33. The molecule has 2 aliphatic heterocycles. The van der Waals surface area contributed by atoms with Gasteiger partial charge in [0.1, 0.15) is 0 Å². The maximum Gasteiger partial charge on any atom is 0.222 e. The van der Waals surface area contributed by atoms with Crippen molar-refractivity contribution in [3.8, 4) is 0 Å². The number of carbonyl (C=O) groups excluding carboxylic acids is 1. The monoisotopic (exact) mass is 254 g/mol. The summed E-state index contributed by atoms with van der Waals surface area (Å²) >= 11 is 0. The van der Waals surface area contributed by atoms with Crippen molar-refractivity contribution >= 4 is 5.91 Å². The zero-order chi connectivity index (χ0) is 13.0. The third kappa shape index (κ3) is 3.69. The molecule has 2 rings (SSSR count). The van der Waals surface area contributed by atoms with E-state index >= 15 is 0 Å². The second-order valence-electron chi connectivity index (χ2n) is 5.92. The first-order valence-electron chi connectivity index (χ1n) is 7.33. The number of β-amino-alcohol motifs (C(OH)–C–C–N with tert-alkyl or cyclic N) is 1. The lowest BCUT2D eigenvalue weighted by Crippen LogP contribution is -2.43. The van der Waals surface area contributed by atoms with Gasteiger partial charge in [0.25, 0.3) is 0 Å². The van der Waals surface area contributed by atoms with Gasteiger partial charge in [0.15, 0.2) is 0 Å². The van der Waals surface area contributed by atoms with E-state index in [4.69, 9.17) is 0 Å². The Morgan fingerprint density at radius 3 is 2.94 bits per heavy atom. The molecule has 4 heteroatoms. The molecule has 104 valence electrons. The molecular weight excluding hydrogens is 228 g/mol. The summed E-state index contributed by atoms with van der Waals surface area (Å²) in [5.41, 5.74) is 0. The van der Waals surface area contributed by atoms with Crippen LogP contribution >= 0.6 is 0 Å². The minimum Gasteiger partial charge on any atom is -0.391 e. The smallest absolute Gasteiger partial charge is 0.222 e. The molecule has 2 N–H and O–H groups in total. The van der Waals surface area contributed by atoms with Gasteiger partial charge in [-0.05, 0) is 50.6 Å². The number of nitrogens with zero attached hydrogens (tertiary/aromatic N) is 1. The highest BCUT2D eigenvalue weighted by Gasteiger charge is 2.26. The number of amides is 1. The van der Waals surface area contributed by atoms with Crippen molar-refractivity contribution < 1.29 is 9.90 Å². The molecule has 18 heavy (non-hydrogen) atoms. The summed E-state index contributed by atoms with van der Waals surface area (Å²) in [6.45, 7) is 5.72. The van der Waals surface area contributed by atoms with E-state index in [2.05, 4.69) is 12.2 Å². The SMILES string of the molecule is CC(CC(=O)N1CCC[C@H](O)C1)C1CCCNC1. The fourth-order valence-corrected chi connectivity index (χ4v) is 3.12. The fourth-order valence-electron chi connectivity index (χ4n) is 3.12. The van der Waals surface area contributed by atoms with Gasteiger partial charge in [0.05, 0.1) is 6.10 Å². The Bertz CT molecular complexity index is 277. The Labute approximate surface area is 110 Å². The quantitative estimate of drug-likeness (QED) is 0.790. The van der Waals surface area contributed by atoms with Gasteiger partial charge in [-0.3, -0.25) is 4.79 Å². The highest BCUT2D eigenvalue weighted by atomic mass is 16.3. The Balaban J connectivity index is 1.78. The lowest BCUT2D eigenvalue weighted by atomic mass is 9.85. The number of nitrogens with one attached hydrogen (secondary N) is 1. The first-order chi connectivity index (χ1) is 8.66. The molecule has 0 aromatic heterocycles. The molecule has 4 nitrogen and oxygen atoms in total. The predicted octanol–water partition coefficient (Wildman–Crippen LogP) is 0.996. The summed E-state index contributed by atoms with van der Waals surface area (Å²) < 4.78 is 0. The zero-order valence-electron chi connectivity index (χ0n) is 11.4. The van der Waals surface area contributed by atoms with Gasteiger partial charge in [0, 0.05) is 19.5 Å². The molecule has 0 aromatic rings. The van der Waals surface area contributed by atoms with Gasteiger partial charge in [-0.1, -0.05) is 6.92 Å². The first kappa shape index (κ1) is 13.8. The van der Waals surface area contributed by atoms with Gasteiger partial charge in [-0.2, -0.15) is 0 Å². The number of rotatable bonds is 3. The molecule has 0 saturated carbocycles. The summed E-state index contributed by atoms with van der Waals surface area (Å²) in [5, 5.41) is 13.0. The highest BCUT2D eigenvalue weighted by Crippen LogP contribution is 2.24. The van der Waals surface area contributed by atoms with Crippen LogP contribution in [0.2, 0.25) is 0 Å². The molecule has 2 saturated heterocycles. The molecule has 2 unspecified atom stereocenters. The van der Waals surface area contributed by atoms with Crippen molar-refractivity contribution in [2.75, 3.05) is 26.2 Å². The lowest BCUT2D eigenvalue weighted by Gasteiger charge is -2.33. The Kier molecular flexibility index (Phi) is 5.01. The number of aliphatic hydroxyl groups is 1. The topological polar surface area (TPSA) is 52.6 Å². The van der Waals surface area contributed by atoms with Crippen LogP contribution in [0.25, 0.3) is 0 Å². The Morgan fingerprint density at radius 1 is 1.44 bits per heavy atom. The number of hydrogen-bond acceptors (Lipinski definition) is 3. The summed E-state index contributed by atoms with van der Waals surface area (Å²) in [5.74, 6) is 1.31. The second-order valence-corrected chi connectivity index (χ2v) is 5.92. The van der Waals surface area contributed by atoms with E-state index in [1.54, 1.807) is 0 Å². The van der Waals surface area contributed by atoms with Crippen molar-refractivity contribution in [1.29, 1.82) is 0 Å². The number of piperidine rings is 2. The Morgan fingerprint density at radius 2 is 2.28 bits per heavy atom. The van der Waals surface area contributed by atoms with Crippen molar-refractivity contribution in [3.05, 3.63) is 0 Å². The van der Waals surface area contributed by atoms with Crippen LogP contribution in [0.5, 0.6) is 0 Å². The van der Waals surface area contributed by atoms with Crippen molar-refractivity contribution in [2.45, 2.75) is 45.1 Å². The molecule has 2 aliphatic rings. The maximum absolute atomic E-state index is 12.2. The zero-order valence-corrected chi connectivity index (χ0v) is 11.4. The average Bonchev–Trinajstić information content (AvgIpc) is 2.39. The molecule has 3 atom stereocenters. The van der Waals surface area contributed by atoms with Crippen molar-refractivity contribution in [2.24, 2.45) is 11.8 Å². The Hall–Kier alpha value is -0.610. The van der Waals surface area contributed by atoms with Gasteiger partial charge in [-0.15, -0.1) is 0 Å². The van der Waals surface area contributed by atoms with Crippen LogP contribution in [0.4, 0.5) is 0 Å². The summed E-state index contributed by atoms with van der Waals surface area (Å²) in [4.78, 5) is 14.0. The van der Waals surface area contributed by atoms with Crippen molar-refractivity contribution in [1.82, 2.24) is 10.2 Å². The normalized spacial score (nSPS) is 31.1. The van der Waals surface area contributed by atoms with Crippen molar-refractivity contribution in [3.63, 3.8) is 0 Å². The maximum atomic E-state index is 12.2. The fraction of sp³-hybridized carbons (Fsp3) is 0.929. The molecule has 0 radical (unpaired) electrons. The van der Waals surface area contributed by atoms with E-state index in [0.29, 0.717) is 24.8 Å². The minimum absolute atomic E-state index is 0.229. The lowest BCUT2D eigenvalue weighted by molar-refractivity contribution is -0.135. The van der Waals surface area contributed by atoms with Crippen LogP contribution in [-0.2, 0) is 4.79 Å². The molecule has 2 heterocycles. The average molecular weight is 254 g/mol. The van der Waals surface area contributed by atoms with E-state index in [0.717, 1.165) is 32.5 Å². The van der Waals surface area contributed by atoms with Gasteiger partial charge < -0.3 is 15.3 Å². The number of carbonyl (C=O) groups is 1. The second kappa shape index (κ2) is 6.53. The van der Waals surface area contributed by atoms with Crippen LogP contribution in [-0.4, -0.2) is 48.2 Å². The van der Waals surface area contributed by atoms with Crippen LogP contribution in [0.15, 0.2) is 0 Å². The van der Waals surface area contributed by atoms with E-state index in [9.17, 15) is 9.90 Å². The van der Waals surface area contributed by atoms with E-state index in [-0.39, 0.29) is 12.0 Å². The van der Waals surface area contributed by atoms with Crippen LogP contribution in [0, 0.1) is 11.8 Å². The predicted molar refractivity (Wildman–Crippen MR) is 71.2 cm³/mol.